The molecule has 3 aromatic rings. The average molecular weight is 422 g/mol. The molecule has 0 radical (unpaired) electrons. The molecule has 0 bridgehead atoms. The Labute approximate surface area is 183 Å². The van der Waals surface area contributed by atoms with Gasteiger partial charge in [-0.1, -0.05) is 6.07 Å². The molecule has 4 rings (SSSR count). The number of nitrogens with zero attached hydrogens (tertiary/aromatic N) is 4. The molecule has 0 saturated carbocycles. The number of aromatic nitrogens is 3. The van der Waals surface area contributed by atoms with Crippen molar-refractivity contribution >= 4 is 22.9 Å². The molecule has 31 heavy (non-hydrogen) atoms. The van der Waals surface area contributed by atoms with E-state index in [1.807, 2.05) is 49.7 Å². The lowest BCUT2D eigenvalue weighted by Crippen LogP contribution is -2.30. The summed E-state index contributed by atoms with van der Waals surface area (Å²) in [6, 6.07) is 7.51. The van der Waals surface area contributed by atoms with Gasteiger partial charge in [-0.25, -0.2) is 9.97 Å². The zero-order chi connectivity index (χ0) is 22.0. The van der Waals surface area contributed by atoms with Gasteiger partial charge in [0.2, 0.25) is 0 Å². The van der Waals surface area contributed by atoms with Crippen LogP contribution in [0.3, 0.4) is 0 Å². The Kier molecular flexibility index (Phi) is 5.96. The normalized spacial score (nSPS) is 14.8. The molecular formula is C24H31N5O2. The van der Waals surface area contributed by atoms with E-state index in [0.717, 1.165) is 54.3 Å². The van der Waals surface area contributed by atoms with E-state index in [-0.39, 0.29) is 5.91 Å². The monoisotopic (exact) mass is 421 g/mol. The van der Waals surface area contributed by atoms with E-state index in [0.29, 0.717) is 18.5 Å². The van der Waals surface area contributed by atoms with Crippen molar-refractivity contribution in [3.63, 3.8) is 0 Å². The molecule has 0 spiro atoms. The van der Waals surface area contributed by atoms with E-state index >= 15 is 0 Å². The summed E-state index contributed by atoms with van der Waals surface area (Å²) < 4.78 is 1.95. The number of imidazole rings is 1. The second-order valence-corrected chi connectivity index (χ2v) is 9.05. The third-order valence-electron chi connectivity index (χ3n) is 5.68. The first-order valence-corrected chi connectivity index (χ1v) is 11.0. The number of carbonyl (C=O) groups is 1. The minimum atomic E-state index is -0.727. The van der Waals surface area contributed by atoms with Gasteiger partial charge in [-0.05, 0) is 65.0 Å². The summed E-state index contributed by atoms with van der Waals surface area (Å²) >= 11 is 0. The molecule has 1 amide bonds. The number of piperidine rings is 1. The number of carbonyl (C=O) groups excluding carboxylic acids is 1. The Morgan fingerprint density at radius 3 is 2.65 bits per heavy atom. The van der Waals surface area contributed by atoms with Crippen molar-refractivity contribution in [2.45, 2.75) is 58.5 Å². The standard InChI is InChI=1S/C24H31N5O2/c1-17-8-7-9-19(25-17)23(30)27-20-16-29-15-18(10-11-24(2,3)31)26-22(29)14-21(20)28-12-5-4-6-13-28/h7-9,14-16,31H,4-6,10-13H2,1-3H3,(H,27,30). The van der Waals surface area contributed by atoms with Crippen LogP contribution in [-0.2, 0) is 6.42 Å². The Balaban J connectivity index is 1.67. The van der Waals surface area contributed by atoms with Crippen LogP contribution in [0.25, 0.3) is 5.65 Å². The van der Waals surface area contributed by atoms with E-state index in [1.165, 1.54) is 6.42 Å². The minimum absolute atomic E-state index is 0.219. The molecule has 0 unspecified atom stereocenters. The maximum Gasteiger partial charge on any atom is 0.274 e. The quantitative estimate of drug-likeness (QED) is 0.629. The first-order valence-electron chi connectivity index (χ1n) is 11.0. The molecule has 164 valence electrons. The van der Waals surface area contributed by atoms with E-state index in [4.69, 9.17) is 4.98 Å². The summed E-state index contributed by atoms with van der Waals surface area (Å²) in [5.41, 5.74) is 4.01. The van der Waals surface area contributed by atoms with Crippen LogP contribution in [0.4, 0.5) is 11.4 Å². The smallest absolute Gasteiger partial charge is 0.274 e. The minimum Gasteiger partial charge on any atom is -0.390 e. The molecule has 0 atom stereocenters. The zero-order valence-corrected chi connectivity index (χ0v) is 18.6. The van der Waals surface area contributed by atoms with Crippen LogP contribution in [0.1, 0.15) is 61.4 Å². The van der Waals surface area contributed by atoms with Crippen molar-refractivity contribution < 1.29 is 9.90 Å². The second kappa shape index (κ2) is 8.67. The maximum atomic E-state index is 12.9. The number of nitrogens with one attached hydrogen (secondary N) is 1. The molecule has 7 nitrogen and oxygen atoms in total. The molecule has 0 aliphatic carbocycles. The predicted molar refractivity (Wildman–Crippen MR) is 123 cm³/mol. The van der Waals surface area contributed by atoms with Gasteiger partial charge in [-0.2, -0.15) is 0 Å². The van der Waals surface area contributed by atoms with Crippen LogP contribution in [-0.4, -0.2) is 44.1 Å². The van der Waals surface area contributed by atoms with Crippen molar-refractivity contribution in [2.75, 3.05) is 23.3 Å². The number of fused-ring (bicyclic) bond motifs is 1. The fourth-order valence-electron chi connectivity index (χ4n) is 3.98. The summed E-state index contributed by atoms with van der Waals surface area (Å²) in [4.78, 5) is 24.4. The molecule has 2 N–H and O–H groups in total. The molecule has 0 aromatic carbocycles. The summed E-state index contributed by atoms with van der Waals surface area (Å²) in [6.07, 6.45) is 8.76. The molecule has 1 saturated heterocycles. The maximum absolute atomic E-state index is 12.9. The Morgan fingerprint density at radius 2 is 1.94 bits per heavy atom. The molecule has 7 heteroatoms. The summed E-state index contributed by atoms with van der Waals surface area (Å²) in [5, 5.41) is 13.1. The largest absolute Gasteiger partial charge is 0.390 e. The molecule has 1 fully saturated rings. The molecule has 4 heterocycles. The fourth-order valence-corrected chi connectivity index (χ4v) is 3.98. The van der Waals surface area contributed by atoms with Crippen molar-refractivity contribution in [1.82, 2.24) is 14.4 Å². The van der Waals surface area contributed by atoms with Gasteiger partial charge in [0.1, 0.15) is 11.3 Å². The number of anilines is 2. The lowest BCUT2D eigenvalue weighted by atomic mass is 10.0. The van der Waals surface area contributed by atoms with Crippen molar-refractivity contribution in [2.24, 2.45) is 0 Å². The van der Waals surface area contributed by atoms with Gasteiger partial charge in [-0.15, -0.1) is 0 Å². The average Bonchev–Trinajstić information content (AvgIpc) is 3.14. The first-order chi connectivity index (χ1) is 14.8. The number of aryl methyl sites for hydroxylation is 2. The van der Waals surface area contributed by atoms with E-state index in [2.05, 4.69) is 21.3 Å². The zero-order valence-electron chi connectivity index (χ0n) is 18.6. The van der Waals surface area contributed by atoms with Gasteiger partial charge in [-0.3, -0.25) is 4.79 Å². The first kappa shape index (κ1) is 21.3. The lowest BCUT2D eigenvalue weighted by Gasteiger charge is -2.30. The van der Waals surface area contributed by atoms with Crippen molar-refractivity contribution in [3.8, 4) is 0 Å². The van der Waals surface area contributed by atoms with E-state index < -0.39 is 5.60 Å². The van der Waals surface area contributed by atoms with E-state index in [9.17, 15) is 9.90 Å². The molecule has 1 aliphatic rings. The van der Waals surface area contributed by atoms with Gasteiger partial charge < -0.3 is 19.7 Å². The predicted octanol–water partition coefficient (Wildman–Crippen LogP) is 3.98. The number of pyridine rings is 2. The molecule has 1 aliphatic heterocycles. The highest BCUT2D eigenvalue weighted by atomic mass is 16.3. The number of aliphatic hydroxyl groups is 1. The van der Waals surface area contributed by atoms with Gasteiger partial charge in [0.05, 0.1) is 22.7 Å². The highest BCUT2D eigenvalue weighted by Crippen LogP contribution is 2.31. The van der Waals surface area contributed by atoms with Crippen molar-refractivity contribution in [3.05, 3.63) is 53.7 Å². The third-order valence-corrected chi connectivity index (χ3v) is 5.68. The van der Waals surface area contributed by atoms with Crippen LogP contribution >= 0.6 is 0 Å². The number of hydrogen-bond donors (Lipinski definition) is 2. The summed E-state index contributed by atoms with van der Waals surface area (Å²) in [7, 11) is 0. The number of amides is 1. The van der Waals surface area contributed by atoms with Crippen LogP contribution < -0.4 is 10.2 Å². The van der Waals surface area contributed by atoms with Crippen LogP contribution in [0.15, 0.2) is 36.7 Å². The highest BCUT2D eigenvalue weighted by Gasteiger charge is 2.20. The van der Waals surface area contributed by atoms with Gasteiger partial charge in [0, 0.05) is 37.2 Å². The van der Waals surface area contributed by atoms with Crippen LogP contribution in [0, 0.1) is 6.92 Å². The van der Waals surface area contributed by atoms with Gasteiger partial charge in [0.15, 0.2) is 0 Å². The van der Waals surface area contributed by atoms with Gasteiger partial charge in [0.25, 0.3) is 5.91 Å². The van der Waals surface area contributed by atoms with Crippen molar-refractivity contribution in [1.29, 1.82) is 0 Å². The van der Waals surface area contributed by atoms with Crippen LogP contribution in [0.5, 0.6) is 0 Å². The summed E-state index contributed by atoms with van der Waals surface area (Å²) in [5.74, 6) is -0.219. The fraction of sp³-hybridized carbons (Fsp3) is 0.458. The Hall–Kier alpha value is -2.93. The SMILES string of the molecule is Cc1cccc(C(=O)Nc2cn3cc(CCC(C)(C)O)nc3cc2N2CCCCC2)n1. The summed E-state index contributed by atoms with van der Waals surface area (Å²) in [6.45, 7) is 7.43. The molecule has 3 aromatic heterocycles. The highest BCUT2D eigenvalue weighted by molar-refractivity contribution is 6.04. The Bertz CT molecular complexity index is 1080. The van der Waals surface area contributed by atoms with Gasteiger partial charge >= 0.3 is 0 Å². The van der Waals surface area contributed by atoms with Crippen LogP contribution in [0.2, 0.25) is 0 Å². The molecular weight excluding hydrogens is 390 g/mol. The lowest BCUT2D eigenvalue weighted by molar-refractivity contribution is 0.0711. The topological polar surface area (TPSA) is 82.8 Å². The second-order valence-electron chi connectivity index (χ2n) is 9.05. The number of rotatable bonds is 6. The Morgan fingerprint density at radius 1 is 1.16 bits per heavy atom. The third kappa shape index (κ3) is 5.22. The van der Waals surface area contributed by atoms with E-state index in [1.54, 1.807) is 6.07 Å². The number of hydrogen-bond acceptors (Lipinski definition) is 5.